The molecule has 2 atom stereocenters. The number of ether oxygens (including phenoxy) is 1. The lowest BCUT2D eigenvalue weighted by Crippen LogP contribution is -2.45. The average molecular weight is 356 g/mol. The molecule has 0 radical (unpaired) electrons. The summed E-state index contributed by atoms with van der Waals surface area (Å²) in [7, 11) is 0. The number of hydrogen-bond donors (Lipinski definition) is 1. The van der Waals surface area contributed by atoms with Gasteiger partial charge in [-0.2, -0.15) is 0 Å². The second kappa shape index (κ2) is 5.95. The van der Waals surface area contributed by atoms with E-state index in [0.717, 1.165) is 5.56 Å². The van der Waals surface area contributed by atoms with Crippen molar-refractivity contribution in [2.45, 2.75) is 6.42 Å². The van der Waals surface area contributed by atoms with Crippen molar-refractivity contribution in [3.05, 3.63) is 42.0 Å². The van der Waals surface area contributed by atoms with Gasteiger partial charge >= 0.3 is 5.97 Å². The van der Waals surface area contributed by atoms with Crippen LogP contribution in [0.1, 0.15) is 22.3 Å². The molecule has 26 heavy (non-hydrogen) atoms. The van der Waals surface area contributed by atoms with Gasteiger partial charge in [0.1, 0.15) is 6.54 Å². The Labute approximate surface area is 150 Å². The van der Waals surface area contributed by atoms with Crippen molar-refractivity contribution in [1.29, 1.82) is 0 Å². The number of fused-ring (bicyclic) bond motifs is 2. The molecule has 3 aliphatic rings. The number of carboxylic acids is 1. The van der Waals surface area contributed by atoms with Crippen molar-refractivity contribution in [1.82, 2.24) is 9.80 Å². The van der Waals surface area contributed by atoms with Crippen LogP contribution in [0.25, 0.3) is 5.70 Å². The van der Waals surface area contributed by atoms with Crippen LogP contribution in [0.2, 0.25) is 0 Å². The quantitative estimate of drug-likeness (QED) is 0.875. The molecule has 7 heteroatoms. The summed E-state index contributed by atoms with van der Waals surface area (Å²) in [6, 6.07) is 7.12. The Morgan fingerprint density at radius 1 is 1.31 bits per heavy atom. The molecule has 3 aliphatic heterocycles. The first kappa shape index (κ1) is 16.8. The zero-order valence-electron chi connectivity index (χ0n) is 14.3. The van der Waals surface area contributed by atoms with E-state index >= 15 is 0 Å². The molecule has 0 bridgehead atoms. The van der Waals surface area contributed by atoms with E-state index in [2.05, 4.69) is 6.58 Å². The Hall–Kier alpha value is -2.67. The summed E-state index contributed by atoms with van der Waals surface area (Å²) in [5, 5.41) is 9.71. The van der Waals surface area contributed by atoms with Gasteiger partial charge in [0.25, 0.3) is 5.91 Å². The average Bonchev–Trinajstić information content (AvgIpc) is 3.15. The molecule has 1 aromatic rings. The fourth-order valence-electron chi connectivity index (χ4n) is 4.23. The number of hydrogen-bond acceptors (Lipinski definition) is 4. The lowest BCUT2D eigenvalue weighted by atomic mass is 9.74. The summed E-state index contributed by atoms with van der Waals surface area (Å²) in [5.41, 5.74) is 0.835. The first-order valence-corrected chi connectivity index (χ1v) is 8.63. The van der Waals surface area contributed by atoms with Crippen LogP contribution in [0.4, 0.5) is 0 Å². The van der Waals surface area contributed by atoms with E-state index < -0.39 is 11.4 Å². The number of rotatable bonds is 3. The number of carbonyl (C=O) groups excluding carboxylic acids is 2. The maximum absolute atomic E-state index is 12.8. The zero-order chi connectivity index (χ0) is 18.5. The molecule has 1 N–H and O–H groups in total. The number of carboxylic acid groups (broad SMARTS) is 1. The van der Waals surface area contributed by atoms with Crippen molar-refractivity contribution in [2.24, 2.45) is 11.3 Å². The van der Waals surface area contributed by atoms with Crippen LogP contribution in [-0.4, -0.2) is 65.5 Å². The topological polar surface area (TPSA) is 87.2 Å². The van der Waals surface area contributed by atoms with Crippen molar-refractivity contribution >= 4 is 23.5 Å². The van der Waals surface area contributed by atoms with Crippen LogP contribution in [0, 0.1) is 11.3 Å². The van der Waals surface area contributed by atoms with Crippen molar-refractivity contribution in [2.75, 3.05) is 32.8 Å². The molecular weight excluding hydrogens is 336 g/mol. The molecule has 0 aliphatic carbocycles. The molecule has 0 aromatic heterocycles. The Kier molecular flexibility index (Phi) is 3.84. The van der Waals surface area contributed by atoms with Crippen LogP contribution < -0.4 is 0 Å². The van der Waals surface area contributed by atoms with Gasteiger partial charge in [-0.3, -0.25) is 19.3 Å². The van der Waals surface area contributed by atoms with Gasteiger partial charge in [-0.25, -0.2) is 0 Å². The van der Waals surface area contributed by atoms with E-state index in [9.17, 15) is 19.5 Å². The molecule has 3 heterocycles. The molecule has 2 amide bonds. The van der Waals surface area contributed by atoms with E-state index in [0.29, 0.717) is 37.4 Å². The first-order valence-electron chi connectivity index (χ1n) is 8.63. The van der Waals surface area contributed by atoms with Crippen molar-refractivity contribution < 1.29 is 24.2 Å². The molecule has 7 nitrogen and oxygen atoms in total. The summed E-state index contributed by atoms with van der Waals surface area (Å²) in [6.45, 7) is 5.05. The third-order valence-corrected chi connectivity index (χ3v) is 5.82. The highest BCUT2D eigenvalue weighted by atomic mass is 16.5. The van der Waals surface area contributed by atoms with Crippen LogP contribution in [-0.2, 0) is 14.3 Å². The van der Waals surface area contributed by atoms with Gasteiger partial charge in [0.15, 0.2) is 0 Å². The minimum Gasteiger partial charge on any atom is -0.481 e. The van der Waals surface area contributed by atoms with E-state index in [1.165, 1.54) is 4.90 Å². The van der Waals surface area contributed by atoms with Gasteiger partial charge in [0, 0.05) is 42.4 Å². The standard InChI is InChI=1S/C19H20N2O5/c1-12-14-4-2-3-5-15(14)17(23)21(12)9-16(22)20-8-13-10-26-7-6-19(13,11-20)18(24)25/h2-5,13H,1,6-11H2,(H,24,25)/t13-,19+/m0/s1. The molecule has 1 aromatic carbocycles. The number of amides is 2. The summed E-state index contributed by atoms with van der Waals surface area (Å²) in [4.78, 5) is 40.1. The second-order valence-electron chi connectivity index (χ2n) is 7.14. The normalized spacial score (nSPS) is 27.5. The predicted octanol–water partition coefficient (Wildman–Crippen LogP) is 1.06. The van der Waals surface area contributed by atoms with Gasteiger partial charge < -0.3 is 14.7 Å². The maximum Gasteiger partial charge on any atom is 0.311 e. The number of benzene rings is 1. The molecule has 0 unspecified atom stereocenters. The number of aliphatic carboxylic acids is 1. The Morgan fingerprint density at radius 3 is 2.69 bits per heavy atom. The Bertz CT molecular complexity index is 785. The number of carbonyl (C=O) groups is 3. The summed E-state index contributed by atoms with van der Waals surface area (Å²) in [6.07, 6.45) is 0.400. The van der Waals surface area contributed by atoms with E-state index in [1.54, 1.807) is 23.1 Å². The lowest BCUT2D eigenvalue weighted by Gasteiger charge is -2.33. The van der Waals surface area contributed by atoms with Gasteiger partial charge in [-0.15, -0.1) is 0 Å². The smallest absolute Gasteiger partial charge is 0.311 e. The largest absolute Gasteiger partial charge is 0.481 e. The van der Waals surface area contributed by atoms with E-state index in [1.807, 2.05) is 6.07 Å². The lowest BCUT2D eigenvalue weighted by molar-refractivity contribution is -0.157. The highest BCUT2D eigenvalue weighted by Crippen LogP contribution is 2.42. The minimum absolute atomic E-state index is 0.129. The third-order valence-electron chi connectivity index (χ3n) is 5.82. The summed E-state index contributed by atoms with van der Waals surface area (Å²) < 4.78 is 5.42. The molecule has 136 valence electrons. The fourth-order valence-corrected chi connectivity index (χ4v) is 4.23. The third kappa shape index (κ3) is 2.34. The SMILES string of the molecule is C=C1c2ccccc2C(=O)N1CC(=O)N1C[C@H]2COCC[C@@]2(C(=O)O)C1. The fraction of sp³-hybridized carbons (Fsp3) is 0.421. The van der Waals surface area contributed by atoms with Gasteiger partial charge in [-0.05, 0) is 12.5 Å². The van der Waals surface area contributed by atoms with Crippen molar-refractivity contribution in [3.8, 4) is 0 Å². The summed E-state index contributed by atoms with van der Waals surface area (Å²) >= 11 is 0. The molecule has 2 fully saturated rings. The van der Waals surface area contributed by atoms with Gasteiger partial charge in [0.05, 0.1) is 12.0 Å². The summed E-state index contributed by atoms with van der Waals surface area (Å²) in [5.74, 6) is -1.60. The molecule has 2 saturated heterocycles. The van der Waals surface area contributed by atoms with Crippen LogP contribution in [0.15, 0.2) is 30.8 Å². The maximum atomic E-state index is 12.8. The van der Waals surface area contributed by atoms with E-state index in [-0.39, 0.29) is 30.8 Å². The molecular formula is C19H20N2O5. The highest BCUT2D eigenvalue weighted by molar-refractivity contribution is 6.10. The molecule has 4 rings (SSSR count). The van der Waals surface area contributed by atoms with Gasteiger partial charge in [0.2, 0.25) is 5.91 Å². The monoisotopic (exact) mass is 356 g/mol. The molecule has 0 saturated carbocycles. The zero-order valence-corrected chi connectivity index (χ0v) is 14.3. The van der Waals surface area contributed by atoms with Crippen LogP contribution in [0.5, 0.6) is 0 Å². The van der Waals surface area contributed by atoms with E-state index in [4.69, 9.17) is 4.74 Å². The van der Waals surface area contributed by atoms with Crippen LogP contribution in [0.3, 0.4) is 0 Å². The predicted molar refractivity (Wildman–Crippen MR) is 92.1 cm³/mol. The Morgan fingerprint density at radius 2 is 2.04 bits per heavy atom. The highest BCUT2D eigenvalue weighted by Gasteiger charge is 2.55. The van der Waals surface area contributed by atoms with Gasteiger partial charge in [-0.1, -0.05) is 24.8 Å². The Balaban J connectivity index is 1.51. The first-order chi connectivity index (χ1) is 12.4. The number of likely N-dealkylation sites (tertiary alicyclic amines) is 1. The number of nitrogens with zero attached hydrogens (tertiary/aromatic N) is 2. The molecule has 0 spiro atoms. The second-order valence-corrected chi connectivity index (χ2v) is 7.14. The van der Waals surface area contributed by atoms with Crippen LogP contribution >= 0.6 is 0 Å². The minimum atomic E-state index is -0.942. The van der Waals surface area contributed by atoms with Crippen molar-refractivity contribution in [3.63, 3.8) is 0 Å².